The molecule has 3 rings (SSSR count). The fourth-order valence-corrected chi connectivity index (χ4v) is 3.44. The molecule has 0 unspecified atom stereocenters. The highest BCUT2D eigenvalue weighted by Crippen LogP contribution is 2.18. The zero-order valence-electron chi connectivity index (χ0n) is 15.6. The van der Waals surface area contributed by atoms with Gasteiger partial charge < -0.3 is 15.0 Å². The lowest BCUT2D eigenvalue weighted by Gasteiger charge is -2.30. The fraction of sp³-hybridized carbons (Fsp3) is 0.600. The molecule has 2 amide bonds. The number of nitrogens with zero attached hydrogens (tertiary/aromatic N) is 2. The van der Waals surface area contributed by atoms with Crippen LogP contribution < -0.4 is 5.32 Å². The van der Waals surface area contributed by atoms with E-state index in [4.69, 9.17) is 4.74 Å². The van der Waals surface area contributed by atoms with E-state index in [2.05, 4.69) is 17.1 Å². The van der Waals surface area contributed by atoms with Gasteiger partial charge in [-0.3, -0.25) is 14.5 Å². The number of ether oxygens (including phenoxy) is 1. The summed E-state index contributed by atoms with van der Waals surface area (Å²) in [4.78, 5) is 29.3. The van der Waals surface area contributed by atoms with Gasteiger partial charge >= 0.3 is 0 Å². The SMILES string of the molecule is CC1CCN(C(=O)c2cccc(C(=O)NCCN3CCOCC3)c2)CC1. The molecule has 0 spiro atoms. The predicted octanol–water partition coefficient (Wildman–Crippen LogP) is 1.62. The number of likely N-dealkylation sites (tertiary alicyclic amines) is 1. The van der Waals surface area contributed by atoms with Gasteiger partial charge in [-0.2, -0.15) is 0 Å². The number of piperidine rings is 1. The molecule has 0 radical (unpaired) electrons. The number of amides is 2. The molecule has 0 saturated carbocycles. The van der Waals surface area contributed by atoms with E-state index in [1.807, 2.05) is 4.90 Å². The Morgan fingerprint density at radius 2 is 1.81 bits per heavy atom. The minimum atomic E-state index is -0.125. The Bertz CT molecular complexity index is 620. The standard InChI is InChI=1S/C20H29N3O3/c1-16-5-8-23(9-6-16)20(25)18-4-2-3-17(15-18)19(24)21-7-10-22-11-13-26-14-12-22/h2-4,15-16H,5-14H2,1H3,(H,21,24). The zero-order valence-corrected chi connectivity index (χ0v) is 15.6. The summed E-state index contributed by atoms with van der Waals surface area (Å²) in [6.45, 7) is 8.58. The van der Waals surface area contributed by atoms with E-state index in [-0.39, 0.29) is 11.8 Å². The number of hydrogen-bond acceptors (Lipinski definition) is 4. The van der Waals surface area contributed by atoms with Crippen LogP contribution in [0.25, 0.3) is 0 Å². The molecule has 26 heavy (non-hydrogen) atoms. The minimum Gasteiger partial charge on any atom is -0.379 e. The molecule has 1 N–H and O–H groups in total. The van der Waals surface area contributed by atoms with Gasteiger partial charge in [0, 0.05) is 50.4 Å². The Hall–Kier alpha value is -1.92. The summed E-state index contributed by atoms with van der Waals surface area (Å²) < 4.78 is 5.32. The van der Waals surface area contributed by atoms with E-state index in [0.29, 0.717) is 23.6 Å². The van der Waals surface area contributed by atoms with Crippen LogP contribution in [0, 0.1) is 5.92 Å². The number of rotatable bonds is 5. The van der Waals surface area contributed by atoms with Gasteiger partial charge in [-0.15, -0.1) is 0 Å². The fourth-order valence-electron chi connectivity index (χ4n) is 3.44. The summed E-state index contributed by atoms with van der Waals surface area (Å²) in [7, 11) is 0. The highest BCUT2D eigenvalue weighted by atomic mass is 16.5. The Balaban J connectivity index is 1.52. The highest BCUT2D eigenvalue weighted by Gasteiger charge is 2.22. The van der Waals surface area contributed by atoms with Gasteiger partial charge in [0.05, 0.1) is 13.2 Å². The molecular formula is C20H29N3O3. The lowest BCUT2D eigenvalue weighted by atomic mass is 9.98. The summed E-state index contributed by atoms with van der Waals surface area (Å²) in [6.07, 6.45) is 2.10. The molecular weight excluding hydrogens is 330 g/mol. The largest absolute Gasteiger partial charge is 0.379 e. The second-order valence-electron chi connectivity index (χ2n) is 7.27. The number of carbonyl (C=O) groups excluding carboxylic acids is 2. The third-order valence-electron chi connectivity index (χ3n) is 5.26. The number of morpholine rings is 1. The molecule has 1 aromatic rings. The Morgan fingerprint density at radius 1 is 1.12 bits per heavy atom. The van der Waals surface area contributed by atoms with E-state index in [0.717, 1.165) is 58.8 Å². The molecule has 2 saturated heterocycles. The second-order valence-corrected chi connectivity index (χ2v) is 7.27. The third-order valence-corrected chi connectivity index (χ3v) is 5.26. The lowest BCUT2D eigenvalue weighted by Crippen LogP contribution is -2.41. The molecule has 2 aliphatic heterocycles. The van der Waals surface area contributed by atoms with E-state index in [9.17, 15) is 9.59 Å². The summed E-state index contributed by atoms with van der Waals surface area (Å²) in [5, 5.41) is 2.95. The number of nitrogens with one attached hydrogen (secondary N) is 1. The first kappa shape index (κ1) is 18.9. The average Bonchev–Trinajstić information content (AvgIpc) is 2.69. The Morgan fingerprint density at radius 3 is 2.54 bits per heavy atom. The van der Waals surface area contributed by atoms with Crippen LogP contribution in [0.1, 0.15) is 40.5 Å². The smallest absolute Gasteiger partial charge is 0.253 e. The lowest BCUT2D eigenvalue weighted by molar-refractivity contribution is 0.0383. The topological polar surface area (TPSA) is 61.9 Å². The van der Waals surface area contributed by atoms with Crippen molar-refractivity contribution in [2.75, 3.05) is 52.5 Å². The summed E-state index contributed by atoms with van der Waals surface area (Å²) in [6, 6.07) is 7.06. The minimum absolute atomic E-state index is 0.0277. The summed E-state index contributed by atoms with van der Waals surface area (Å²) in [5.74, 6) is 0.586. The van der Waals surface area contributed by atoms with Crippen LogP contribution in [0.4, 0.5) is 0 Å². The molecule has 2 heterocycles. The van der Waals surface area contributed by atoms with E-state index in [1.54, 1.807) is 24.3 Å². The first-order valence-electron chi connectivity index (χ1n) is 9.61. The molecule has 0 atom stereocenters. The van der Waals surface area contributed by atoms with Crippen molar-refractivity contribution in [2.24, 2.45) is 5.92 Å². The van der Waals surface area contributed by atoms with Crippen molar-refractivity contribution in [1.29, 1.82) is 0 Å². The van der Waals surface area contributed by atoms with Crippen molar-refractivity contribution in [3.8, 4) is 0 Å². The van der Waals surface area contributed by atoms with E-state index in [1.165, 1.54) is 0 Å². The maximum Gasteiger partial charge on any atom is 0.253 e. The maximum atomic E-state index is 12.7. The van der Waals surface area contributed by atoms with Crippen molar-refractivity contribution < 1.29 is 14.3 Å². The molecule has 0 aromatic heterocycles. The monoisotopic (exact) mass is 359 g/mol. The predicted molar refractivity (Wildman–Crippen MR) is 100 cm³/mol. The molecule has 0 bridgehead atoms. The normalized spacial score (nSPS) is 19.3. The van der Waals surface area contributed by atoms with Crippen LogP contribution in [0.2, 0.25) is 0 Å². The van der Waals surface area contributed by atoms with Gasteiger partial charge in [0.2, 0.25) is 0 Å². The van der Waals surface area contributed by atoms with Gasteiger partial charge in [0.15, 0.2) is 0 Å². The highest BCUT2D eigenvalue weighted by molar-refractivity contribution is 5.99. The van der Waals surface area contributed by atoms with Crippen molar-refractivity contribution in [2.45, 2.75) is 19.8 Å². The Labute approximate surface area is 155 Å². The zero-order chi connectivity index (χ0) is 18.4. The van der Waals surface area contributed by atoms with Crippen LogP contribution in [-0.4, -0.2) is 74.1 Å². The van der Waals surface area contributed by atoms with Crippen LogP contribution in [0.15, 0.2) is 24.3 Å². The van der Waals surface area contributed by atoms with Gasteiger partial charge in [0.25, 0.3) is 11.8 Å². The number of benzene rings is 1. The van der Waals surface area contributed by atoms with Crippen molar-refractivity contribution in [3.05, 3.63) is 35.4 Å². The Kier molecular flexibility index (Phi) is 6.63. The van der Waals surface area contributed by atoms with Crippen LogP contribution in [0.3, 0.4) is 0 Å². The molecule has 1 aromatic carbocycles. The van der Waals surface area contributed by atoms with Crippen molar-refractivity contribution >= 4 is 11.8 Å². The maximum absolute atomic E-state index is 12.7. The number of carbonyl (C=O) groups is 2. The van der Waals surface area contributed by atoms with E-state index < -0.39 is 0 Å². The van der Waals surface area contributed by atoms with E-state index >= 15 is 0 Å². The molecule has 142 valence electrons. The molecule has 0 aliphatic carbocycles. The van der Waals surface area contributed by atoms with Crippen LogP contribution in [0.5, 0.6) is 0 Å². The average molecular weight is 359 g/mol. The molecule has 6 nitrogen and oxygen atoms in total. The van der Waals surface area contributed by atoms with Gasteiger partial charge in [-0.1, -0.05) is 13.0 Å². The van der Waals surface area contributed by atoms with Gasteiger partial charge in [0.1, 0.15) is 0 Å². The molecule has 2 aliphatic rings. The number of hydrogen-bond donors (Lipinski definition) is 1. The summed E-state index contributed by atoms with van der Waals surface area (Å²) >= 11 is 0. The third kappa shape index (κ3) is 5.05. The molecule has 6 heteroatoms. The molecule has 2 fully saturated rings. The van der Waals surface area contributed by atoms with Gasteiger partial charge in [-0.25, -0.2) is 0 Å². The van der Waals surface area contributed by atoms with Crippen molar-refractivity contribution in [3.63, 3.8) is 0 Å². The first-order chi connectivity index (χ1) is 12.6. The van der Waals surface area contributed by atoms with Crippen LogP contribution >= 0.6 is 0 Å². The second kappa shape index (κ2) is 9.14. The first-order valence-corrected chi connectivity index (χ1v) is 9.61. The summed E-state index contributed by atoms with van der Waals surface area (Å²) in [5.41, 5.74) is 1.14. The van der Waals surface area contributed by atoms with Crippen LogP contribution in [-0.2, 0) is 4.74 Å². The van der Waals surface area contributed by atoms with Crippen molar-refractivity contribution in [1.82, 2.24) is 15.1 Å². The quantitative estimate of drug-likeness (QED) is 0.868. The van der Waals surface area contributed by atoms with Gasteiger partial charge in [-0.05, 0) is 37.0 Å².